The normalized spacial score (nSPS) is 22.5. The van der Waals surface area contributed by atoms with Crippen molar-refractivity contribution in [3.05, 3.63) is 89.2 Å². The van der Waals surface area contributed by atoms with Gasteiger partial charge < -0.3 is 9.47 Å². The molecule has 1 saturated heterocycles. The van der Waals surface area contributed by atoms with Crippen LogP contribution < -0.4 is 11.2 Å². The maximum Gasteiger partial charge on any atom is 0.330 e. The highest BCUT2D eigenvalue weighted by molar-refractivity contribution is 6.49. The number of hydrogen-bond donors (Lipinski definition) is 1. The molecule has 12 heteroatoms. The van der Waals surface area contributed by atoms with Crippen molar-refractivity contribution in [2.24, 2.45) is 5.11 Å². The number of aryl methyl sites for hydroxylation is 1. The fraction of sp³-hybridized carbons (Fsp3) is 0.300. The van der Waals surface area contributed by atoms with Crippen LogP contribution in [0.3, 0.4) is 0 Å². The van der Waals surface area contributed by atoms with Gasteiger partial charge in [0, 0.05) is 34.2 Å². The summed E-state index contributed by atoms with van der Waals surface area (Å²) in [6, 6.07) is 5.51. The Labute approximate surface area is 184 Å². The quantitative estimate of drug-likeness (QED) is 0.412. The summed E-state index contributed by atoms with van der Waals surface area (Å²) in [5, 5.41) is 3.34. The maximum atomic E-state index is 12.8. The van der Waals surface area contributed by atoms with Crippen molar-refractivity contribution >= 4 is 23.2 Å². The Bertz CT molecular complexity index is 1320. The third-order valence-electron chi connectivity index (χ3n) is 5.27. The molecular formula is C20H16ClN5O6. The molecule has 1 aliphatic heterocycles. The molecule has 1 aromatic carbocycles. The van der Waals surface area contributed by atoms with E-state index in [1.165, 1.54) is 29.8 Å². The van der Waals surface area contributed by atoms with Crippen LogP contribution in [0.15, 0.2) is 56.0 Å². The van der Waals surface area contributed by atoms with Crippen LogP contribution in [0.25, 0.3) is 10.4 Å². The summed E-state index contributed by atoms with van der Waals surface area (Å²) in [6.45, 7) is 1.28. The van der Waals surface area contributed by atoms with Crippen molar-refractivity contribution in [3.8, 4) is 0 Å². The third-order valence-corrected chi connectivity index (χ3v) is 5.62. The predicted molar refractivity (Wildman–Crippen MR) is 111 cm³/mol. The molecule has 164 valence electrons. The number of aromatic nitrogens is 2. The van der Waals surface area contributed by atoms with E-state index < -0.39 is 41.2 Å². The molecule has 0 amide bonds. The first-order valence-corrected chi connectivity index (χ1v) is 9.92. The van der Waals surface area contributed by atoms with Gasteiger partial charge in [-0.2, -0.15) is 0 Å². The second kappa shape index (κ2) is 8.46. The van der Waals surface area contributed by atoms with Gasteiger partial charge in [-0.25, -0.2) is 4.79 Å². The van der Waals surface area contributed by atoms with Gasteiger partial charge in [0.1, 0.15) is 24.0 Å². The molecule has 0 spiro atoms. The van der Waals surface area contributed by atoms with E-state index in [2.05, 4.69) is 15.0 Å². The molecule has 1 aromatic heterocycles. The molecular weight excluding hydrogens is 442 g/mol. The van der Waals surface area contributed by atoms with E-state index in [1.807, 2.05) is 0 Å². The summed E-state index contributed by atoms with van der Waals surface area (Å²) in [5.74, 6) is -1.41. The lowest BCUT2D eigenvalue weighted by Crippen LogP contribution is -2.33. The van der Waals surface area contributed by atoms with Crippen LogP contribution in [0, 0.1) is 6.92 Å². The van der Waals surface area contributed by atoms with Crippen LogP contribution in [-0.4, -0.2) is 39.9 Å². The summed E-state index contributed by atoms with van der Waals surface area (Å²) in [5.41, 5.74) is 8.36. The monoisotopic (exact) mass is 457 g/mol. The van der Waals surface area contributed by atoms with Crippen molar-refractivity contribution in [3.63, 3.8) is 0 Å². The third kappa shape index (κ3) is 3.73. The average molecular weight is 458 g/mol. The van der Waals surface area contributed by atoms with Crippen molar-refractivity contribution in [1.82, 2.24) is 9.55 Å². The zero-order valence-corrected chi connectivity index (χ0v) is 17.4. The number of benzene rings is 1. The second-order valence-corrected chi connectivity index (χ2v) is 7.65. The highest BCUT2D eigenvalue weighted by Crippen LogP contribution is 2.33. The van der Waals surface area contributed by atoms with Crippen LogP contribution in [0.2, 0.25) is 0 Å². The van der Waals surface area contributed by atoms with Crippen LogP contribution in [0.5, 0.6) is 0 Å². The first-order valence-electron chi connectivity index (χ1n) is 9.54. The molecule has 11 nitrogen and oxygen atoms in total. The number of nitrogens with zero attached hydrogens (tertiary/aromatic N) is 4. The summed E-state index contributed by atoms with van der Waals surface area (Å²) >= 11 is 6.10. The molecule has 4 rings (SSSR count). The summed E-state index contributed by atoms with van der Waals surface area (Å²) in [6.07, 6.45) is -0.198. The number of nitrogens with one attached hydrogen (secondary N) is 1. The molecule has 32 heavy (non-hydrogen) atoms. The van der Waals surface area contributed by atoms with E-state index in [0.29, 0.717) is 5.56 Å². The van der Waals surface area contributed by atoms with E-state index in [4.69, 9.17) is 26.6 Å². The summed E-state index contributed by atoms with van der Waals surface area (Å²) in [4.78, 5) is 54.0. The molecule has 0 saturated carbocycles. The molecule has 3 atom stereocenters. The minimum Gasteiger partial charge on any atom is -0.485 e. The molecule has 2 aromatic rings. The van der Waals surface area contributed by atoms with Gasteiger partial charge >= 0.3 is 5.69 Å². The van der Waals surface area contributed by atoms with Gasteiger partial charge in [-0.05, 0) is 12.5 Å². The number of allylic oxidation sites excluding steroid dienone is 2. The fourth-order valence-electron chi connectivity index (χ4n) is 3.64. The number of rotatable bonds is 5. The lowest BCUT2D eigenvalue weighted by Gasteiger charge is -2.21. The largest absolute Gasteiger partial charge is 0.485 e. The highest BCUT2D eigenvalue weighted by atomic mass is 35.5. The number of azide groups is 1. The number of aromatic amines is 1. The number of H-pyrrole nitrogens is 1. The smallest absolute Gasteiger partial charge is 0.330 e. The average Bonchev–Trinajstić information content (AvgIpc) is 3.17. The van der Waals surface area contributed by atoms with Crippen molar-refractivity contribution in [2.45, 2.75) is 31.7 Å². The Balaban J connectivity index is 1.57. The lowest BCUT2D eigenvalue weighted by molar-refractivity contribution is -0.0332. The minimum atomic E-state index is -0.841. The number of carbonyl (C=O) groups is 2. The molecule has 0 unspecified atom stereocenters. The Morgan fingerprint density at radius 1 is 1.25 bits per heavy atom. The van der Waals surface area contributed by atoms with E-state index in [1.54, 1.807) is 12.1 Å². The van der Waals surface area contributed by atoms with Gasteiger partial charge in [-0.3, -0.25) is 23.9 Å². The SMILES string of the molecule is Cc1cn([C@H]2C[C@H](N=[N+]=[N-])[C@@H](COC3=C(Cl)C(=O)c4ccccc4C3=O)O2)c(=O)[nH]c1=O. The number of carbonyl (C=O) groups excluding carboxylic acids is 2. The minimum absolute atomic E-state index is 0.131. The number of hydrogen-bond acceptors (Lipinski definition) is 7. The maximum absolute atomic E-state index is 12.8. The van der Waals surface area contributed by atoms with Gasteiger partial charge in [-0.15, -0.1) is 0 Å². The van der Waals surface area contributed by atoms with Crippen molar-refractivity contribution in [2.75, 3.05) is 6.61 Å². The number of ether oxygens (including phenoxy) is 2. The van der Waals surface area contributed by atoms with Crippen LogP contribution in [0.1, 0.15) is 38.9 Å². The number of Topliss-reactive ketones (excluding diaryl/α,β-unsaturated/α-hetero) is 2. The van der Waals surface area contributed by atoms with E-state index in [-0.39, 0.29) is 34.9 Å². The van der Waals surface area contributed by atoms with E-state index in [0.717, 1.165) is 0 Å². The molecule has 2 aliphatic rings. The molecule has 2 heterocycles. The van der Waals surface area contributed by atoms with Gasteiger partial charge in [0.2, 0.25) is 11.6 Å². The number of fused-ring (bicyclic) bond motifs is 1. The summed E-state index contributed by atoms with van der Waals surface area (Å²) in [7, 11) is 0. The molecule has 1 fully saturated rings. The summed E-state index contributed by atoms with van der Waals surface area (Å²) < 4.78 is 12.6. The predicted octanol–water partition coefficient (Wildman–Crippen LogP) is 2.36. The Morgan fingerprint density at radius 3 is 2.62 bits per heavy atom. The Kier molecular flexibility index (Phi) is 5.70. The zero-order chi connectivity index (χ0) is 23.0. The van der Waals surface area contributed by atoms with Gasteiger partial charge in [0.15, 0.2) is 5.76 Å². The zero-order valence-electron chi connectivity index (χ0n) is 16.6. The first kappa shape index (κ1) is 21.6. The van der Waals surface area contributed by atoms with E-state index >= 15 is 0 Å². The van der Waals surface area contributed by atoms with Gasteiger partial charge in [0.25, 0.3) is 5.56 Å². The topological polar surface area (TPSA) is 156 Å². The second-order valence-electron chi connectivity index (χ2n) is 7.27. The van der Waals surface area contributed by atoms with Crippen LogP contribution >= 0.6 is 11.6 Å². The lowest BCUT2D eigenvalue weighted by atomic mass is 9.93. The Hall–Kier alpha value is -3.66. The van der Waals surface area contributed by atoms with Crippen LogP contribution in [-0.2, 0) is 9.47 Å². The number of halogens is 1. The standard InChI is InChI=1S/C20H16ClN5O6/c1-9-7-26(20(30)23-19(9)29)14-6-12(24-25-22)13(32-14)8-31-18-15(21)16(27)10-4-2-3-5-11(10)17(18)28/h2-5,7,12-14H,6,8H2,1H3,(H,23,29,30)/t12-,13+,14+/m0/s1. The molecule has 1 N–H and O–H groups in total. The highest BCUT2D eigenvalue weighted by Gasteiger charge is 2.39. The fourth-order valence-corrected chi connectivity index (χ4v) is 3.88. The molecule has 0 radical (unpaired) electrons. The molecule has 1 aliphatic carbocycles. The van der Waals surface area contributed by atoms with Gasteiger partial charge in [-0.1, -0.05) is 41.0 Å². The van der Waals surface area contributed by atoms with Crippen LogP contribution in [0.4, 0.5) is 0 Å². The first-order chi connectivity index (χ1) is 15.3. The molecule has 0 bridgehead atoms. The van der Waals surface area contributed by atoms with Gasteiger partial charge in [0.05, 0.1) is 6.04 Å². The number of ketones is 2. The Morgan fingerprint density at radius 2 is 1.94 bits per heavy atom. The van der Waals surface area contributed by atoms with Crippen molar-refractivity contribution < 1.29 is 19.1 Å². The van der Waals surface area contributed by atoms with E-state index in [9.17, 15) is 19.2 Å². The van der Waals surface area contributed by atoms with Crippen molar-refractivity contribution in [1.29, 1.82) is 0 Å².